The van der Waals surface area contributed by atoms with Crippen molar-refractivity contribution in [3.8, 4) is 5.75 Å². The first-order valence-corrected chi connectivity index (χ1v) is 10.2. The summed E-state index contributed by atoms with van der Waals surface area (Å²) in [6, 6.07) is 16.1. The predicted molar refractivity (Wildman–Crippen MR) is 116 cm³/mol. The van der Waals surface area contributed by atoms with Crippen LogP contribution in [0.15, 0.2) is 57.7 Å². The van der Waals surface area contributed by atoms with Crippen molar-refractivity contribution < 1.29 is 9.15 Å². The number of hydrogen-bond donors (Lipinski definition) is 0. The molecule has 5 nitrogen and oxygen atoms in total. The van der Waals surface area contributed by atoms with Crippen LogP contribution in [0.4, 0.5) is 0 Å². The molecule has 0 saturated carbocycles. The number of ether oxygens (including phenoxy) is 1. The highest BCUT2D eigenvalue weighted by Crippen LogP contribution is 2.20. The molecule has 2 aromatic carbocycles. The fraction of sp³-hybridized carbons (Fsp3) is 0.375. The molecule has 1 saturated heterocycles. The van der Waals surface area contributed by atoms with Crippen LogP contribution in [-0.4, -0.2) is 49.6 Å². The normalized spacial score (nSPS) is 15.7. The van der Waals surface area contributed by atoms with Crippen molar-refractivity contribution in [2.24, 2.45) is 0 Å². The van der Waals surface area contributed by atoms with E-state index in [-0.39, 0.29) is 5.63 Å². The van der Waals surface area contributed by atoms with Crippen molar-refractivity contribution >= 4 is 11.0 Å². The molecule has 0 aliphatic carbocycles. The molecule has 1 aromatic heterocycles. The van der Waals surface area contributed by atoms with Crippen molar-refractivity contribution in [3.05, 3.63) is 75.6 Å². The van der Waals surface area contributed by atoms with Crippen LogP contribution in [0.5, 0.6) is 5.75 Å². The maximum Gasteiger partial charge on any atom is 0.336 e. The summed E-state index contributed by atoms with van der Waals surface area (Å²) in [5, 5.41) is 1.04. The number of hydrogen-bond acceptors (Lipinski definition) is 5. The number of rotatable bonds is 6. The Balaban J connectivity index is 1.33. The van der Waals surface area contributed by atoms with Gasteiger partial charge in [-0.15, -0.1) is 0 Å². The average molecular weight is 392 g/mol. The fourth-order valence-corrected chi connectivity index (χ4v) is 3.96. The molecule has 0 N–H and O–H groups in total. The molecule has 0 amide bonds. The number of aryl methyl sites for hydroxylation is 1. The van der Waals surface area contributed by atoms with Gasteiger partial charge in [0.15, 0.2) is 0 Å². The smallest absolute Gasteiger partial charge is 0.336 e. The molecule has 0 bridgehead atoms. The van der Waals surface area contributed by atoms with Gasteiger partial charge >= 0.3 is 5.63 Å². The van der Waals surface area contributed by atoms with Gasteiger partial charge in [-0.3, -0.25) is 4.90 Å². The minimum atomic E-state index is -0.267. The van der Waals surface area contributed by atoms with E-state index in [1.165, 1.54) is 5.56 Å². The van der Waals surface area contributed by atoms with Gasteiger partial charge in [-0.25, -0.2) is 4.79 Å². The van der Waals surface area contributed by atoms with E-state index in [0.717, 1.165) is 68.0 Å². The summed E-state index contributed by atoms with van der Waals surface area (Å²) in [5.74, 6) is 0.903. The summed E-state index contributed by atoms with van der Waals surface area (Å²) in [5.41, 5.74) is 3.92. The molecular formula is C24H28N2O3. The lowest BCUT2D eigenvalue weighted by molar-refractivity contribution is 0.128. The molecule has 3 aromatic rings. The monoisotopic (exact) mass is 392 g/mol. The number of nitrogens with zero attached hydrogens (tertiary/aromatic N) is 2. The van der Waals surface area contributed by atoms with Gasteiger partial charge in [0.2, 0.25) is 0 Å². The van der Waals surface area contributed by atoms with Gasteiger partial charge in [-0.1, -0.05) is 24.3 Å². The SMILES string of the molecule is COc1ccc(CCN2CCN(Cc3cc(=O)oc4cc(C)ccc34)CC2)cc1. The molecule has 1 aliphatic rings. The van der Waals surface area contributed by atoms with Crippen molar-refractivity contribution in [3.63, 3.8) is 0 Å². The maximum absolute atomic E-state index is 12.0. The van der Waals surface area contributed by atoms with Gasteiger partial charge in [-0.2, -0.15) is 0 Å². The Bertz CT molecular complexity index is 1020. The summed E-state index contributed by atoms with van der Waals surface area (Å²) in [4.78, 5) is 16.9. The molecule has 0 spiro atoms. The molecule has 0 atom stereocenters. The molecule has 0 unspecified atom stereocenters. The lowest BCUT2D eigenvalue weighted by Gasteiger charge is -2.34. The quantitative estimate of drug-likeness (QED) is 0.601. The molecule has 5 heteroatoms. The first-order chi connectivity index (χ1) is 14.1. The Morgan fingerprint density at radius 2 is 1.69 bits per heavy atom. The third-order valence-electron chi connectivity index (χ3n) is 5.72. The second-order valence-corrected chi connectivity index (χ2v) is 7.81. The second kappa shape index (κ2) is 8.80. The second-order valence-electron chi connectivity index (χ2n) is 7.81. The zero-order chi connectivity index (χ0) is 20.2. The summed E-state index contributed by atoms with van der Waals surface area (Å²) < 4.78 is 10.6. The Kier molecular flexibility index (Phi) is 5.97. The van der Waals surface area contributed by atoms with Gasteiger partial charge in [0.1, 0.15) is 11.3 Å². The van der Waals surface area contributed by atoms with Gasteiger partial charge in [0.05, 0.1) is 7.11 Å². The third-order valence-corrected chi connectivity index (χ3v) is 5.72. The Labute approximate surface area is 171 Å². The highest BCUT2D eigenvalue weighted by molar-refractivity contribution is 5.80. The minimum absolute atomic E-state index is 0.267. The summed E-state index contributed by atoms with van der Waals surface area (Å²) >= 11 is 0. The lowest BCUT2D eigenvalue weighted by atomic mass is 10.1. The summed E-state index contributed by atoms with van der Waals surface area (Å²) in [7, 11) is 1.69. The molecule has 29 heavy (non-hydrogen) atoms. The van der Waals surface area contributed by atoms with E-state index in [9.17, 15) is 4.79 Å². The maximum atomic E-state index is 12.0. The van der Waals surface area contributed by atoms with Gasteiger partial charge in [-0.05, 0) is 48.2 Å². The van der Waals surface area contributed by atoms with Crippen LogP contribution in [0.3, 0.4) is 0 Å². The highest BCUT2D eigenvalue weighted by atomic mass is 16.5. The van der Waals surface area contributed by atoms with Crippen LogP contribution in [0.1, 0.15) is 16.7 Å². The average Bonchev–Trinajstić information content (AvgIpc) is 2.73. The van der Waals surface area contributed by atoms with Crippen LogP contribution in [0.2, 0.25) is 0 Å². The van der Waals surface area contributed by atoms with Gasteiger partial charge in [0.25, 0.3) is 0 Å². The predicted octanol–water partition coefficient (Wildman–Crippen LogP) is 3.47. The van der Waals surface area contributed by atoms with Gasteiger partial charge in [0, 0.05) is 50.7 Å². The van der Waals surface area contributed by atoms with E-state index < -0.39 is 0 Å². The molecule has 4 rings (SSSR count). The van der Waals surface area contributed by atoms with E-state index in [1.807, 2.05) is 25.1 Å². The zero-order valence-corrected chi connectivity index (χ0v) is 17.2. The number of piperazine rings is 1. The van der Waals surface area contributed by atoms with Crippen molar-refractivity contribution in [1.82, 2.24) is 9.80 Å². The first-order valence-electron chi connectivity index (χ1n) is 10.2. The lowest BCUT2D eigenvalue weighted by Crippen LogP contribution is -2.46. The standard InChI is InChI=1S/C24H28N2O3/c1-18-3-8-22-20(16-24(27)29-23(22)15-18)17-26-13-11-25(12-14-26)10-9-19-4-6-21(28-2)7-5-19/h3-8,15-16H,9-14,17H2,1-2H3. The summed E-state index contributed by atoms with van der Waals surface area (Å²) in [6.45, 7) is 7.99. The van der Waals surface area contributed by atoms with E-state index in [2.05, 4.69) is 34.1 Å². The molecule has 1 fully saturated rings. The Hall–Kier alpha value is -2.63. The van der Waals surface area contributed by atoms with Gasteiger partial charge < -0.3 is 14.1 Å². The number of fused-ring (bicyclic) bond motifs is 1. The number of benzene rings is 2. The van der Waals surface area contributed by atoms with Crippen LogP contribution in [0.25, 0.3) is 11.0 Å². The minimum Gasteiger partial charge on any atom is -0.497 e. The highest BCUT2D eigenvalue weighted by Gasteiger charge is 2.18. The van der Waals surface area contributed by atoms with E-state index >= 15 is 0 Å². The van der Waals surface area contributed by atoms with E-state index in [0.29, 0.717) is 5.58 Å². The zero-order valence-electron chi connectivity index (χ0n) is 17.2. The van der Waals surface area contributed by atoms with Crippen LogP contribution < -0.4 is 10.4 Å². The van der Waals surface area contributed by atoms with Crippen LogP contribution in [-0.2, 0) is 13.0 Å². The van der Waals surface area contributed by atoms with Crippen LogP contribution in [0, 0.1) is 6.92 Å². The molecule has 0 radical (unpaired) electrons. The fourth-order valence-electron chi connectivity index (χ4n) is 3.96. The van der Waals surface area contributed by atoms with Crippen LogP contribution >= 0.6 is 0 Å². The first kappa shape index (κ1) is 19.7. The van der Waals surface area contributed by atoms with E-state index in [4.69, 9.17) is 9.15 Å². The largest absolute Gasteiger partial charge is 0.497 e. The molecule has 152 valence electrons. The van der Waals surface area contributed by atoms with Crippen molar-refractivity contribution in [2.75, 3.05) is 39.8 Å². The van der Waals surface area contributed by atoms with Crippen molar-refractivity contribution in [1.29, 1.82) is 0 Å². The Morgan fingerprint density at radius 1 is 0.966 bits per heavy atom. The Morgan fingerprint density at radius 3 is 2.41 bits per heavy atom. The third kappa shape index (κ3) is 4.86. The molecule has 2 heterocycles. The molecule has 1 aliphatic heterocycles. The van der Waals surface area contributed by atoms with Crippen molar-refractivity contribution in [2.45, 2.75) is 19.9 Å². The topological polar surface area (TPSA) is 45.9 Å². The molecular weight excluding hydrogens is 364 g/mol. The summed E-state index contributed by atoms with van der Waals surface area (Å²) in [6.07, 6.45) is 1.05. The van der Waals surface area contributed by atoms with E-state index in [1.54, 1.807) is 13.2 Å². The number of methoxy groups -OCH3 is 1.